The molecular formula is C14H17NO2. The Kier molecular flexibility index (Phi) is 5.14. The van der Waals surface area contributed by atoms with E-state index in [1.807, 2.05) is 32.9 Å². The highest BCUT2D eigenvalue weighted by molar-refractivity contribution is 5.96. The maximum Gasteiger partial charge on any atom is 0.164 e. The third-order valence-corrected chi connectivity index (χ3v) is 2.19. The van der Waals surface area contributed by atoms with Gasteiger partial charge < -0.3 is 4.42 Å². The Bertz CT molecular complexity index is 461. The molecule has 0 unspecified atom stereocenters. The predicted octanol–water partition coefficient (Wildman–Crippen LogP) is 3.96. The van der Waals surface area contributed by atoms with Crippen LogP contribution in [-0.4, -0.2) is 10.8 Å². The van der Waals surface area contributed by atoms with Crippen molar-refractivity contribution in [3.05, 3.63) is 42.4 Å². The molecule has 17 heavy (non-hydrogen) atoms. The average molecular weight is 231 g/mol. The Morgan fingerprint density at radius 3 is 2.71 bits per heavy atom. The monoisotopic (exact) mass is 231 g/mol. The summed E-state index contributed by atoms with van der Waals surface area (Å²) in [4.78, 5) is 15.5. The Balaban J connectivity index is 0.000000686. The van der Waals surface area contributed by atoms with Crippen LogP contribution >= 0.6 is 0 Å². The number of hydrogen-bond acceptors (Lipinski definition) is 3. The molecule has 2 heterocycles. The maximum absolute atomic E-state index is 11.5. The highest BCUT2D eigenvalue weighted by Crippen LogP contribution is 2.19. The van der Waals surface area contributed by atoms with Crippen LogP contribution in [-0.2, 0) is 0 Å². The van der Waals surface area contributed by atoms with Gasteiger partial charge in [0.2, 0.25) is 0 Å². The van der Waals surface area contributed by atoms with Crippen molar-refractivity contribution >= 4 is 5.78 Å². The molecule has 0 saturated carbocycles. The summed E-state index contributed by atoms with van der Waals surface area (Å²) < 4.78 is 5.24. The summed E-state index contributed by atoms with van der Waals surface area (Å²) in [5, 5.41) is 0. The zero-order valence-electron chi connectivity index (χ0n) is 10.4. The Labute approximate surface area is 101 Å². The molecule has 0 aliphatic heterocycles. The molecule has 2 rings (SSSR count). The molecule has 2 aromatic rings. The molecule has 0 N–H and O–H groups in total. The largest absolute Gasteiger partial charge is 0.464 e. The Morgan fingerprint density at radius 1 is 1.35 bits per heavy atom. The smallest absolute Gasteiger partial charge is 0.164 e. The van der Waals surface area contributed by atoms with Crippen molar-refractivity contribution in [3.8, 4) is 11.3 Å². The fourth-order valence-corrected chi connectivity index (χ4v) is 1.37. The number of furan rings is 1. The van der Waals surface area contributed by atoms with Crippen LogP contribution in [0.25, 0.3) is 11.3 Å². The number of ketones is 1. The molecule has 0 amide bonds. The fourth-order valence-electron chi connectivity index (χ4n) is 1.37. The predicted molar refractivity (Wildman–Crippen MR) is 67.9 cm³/mol. The Morgan fingerprint density at radius 2 is 2.12 bits per heavy atom. The van der Waals surface area contributed by atoms with Gasteiger partial charge in [-0.2, -0.15) is 0 Å². The summed E-state index contributed by atoms with van der Waals surface area (Å²) in [6, 6.07) is 5.46. The standard InChI is InChI=1S/C12H11NO2.C2H6/c1-2-11(14)9-6-10(8-13-7-9)12-4-3-5-15-12;1-2/h3-8H,2H2,1H3;1-2H3. The number of carbonyl (C=O) groups excluding carboxylic acids is 1. The van der Waals surface area contributed by atoms with Gasteiger partial charge in [-0.25, -0.2) is 0 Å². The molecule has 0 bridgehead atoms. The minimum atomic E-state index is 0.0934. The van der Waals surface area contributed by atoms with Gasteiger partial charge in [-0.3, -0.25) is 9.78 Å². The van der Waals surface area contributed by atoms with E-state index in [4.69, 9.17) is 4.42 Å². The van der Waals surface area contributed by atoms with E-state index in [1.54, 1.807) is 24.7 Å². The van der Waals surface area contributed by atoms with Crippen molar-refractivity contribution in [2.75, 3.05) is 0 Å². The second-order valence-electron chi connectivity index (χ2n) is 3.22. The van der Waals surface area contributed by atoms with E-state index in [-0.39, 0.29) is 5.78 Å². The SMILES string of the molecule is CC.CCC(=O)c1cncc(-c2ccco2)c1. The average Bonchev–Trinajstić information content (AvgIpc) is 2.94. The molecule has 90 valence electrons. The molecule has 0 aliphatic rings. The van der Waals surface area contributed by atoms with E-state index in [0.29, 0.717) is 12.0 Å². The summed E-state index contributed by atoms with van der Waals surface area (Å²) in [6.07, 6.45) is 5.36. The highest BCUT2D eigenvalue weighted by Gasteiger charge is 2.06. The normalized spacial score (nSPS) is 9.35. The molecule has 0 fully saturated rings. The van der Waals surface area contributed by atoms with Crippen LogP contribution in [0.1, 0.15) is 37.6 Å². The van der Waals surface area contributed by atoms with Gasteiger partial charge in [0.15, 0.2) is 5.78 Å². The molecule has 0 spiro atoms. The number of hydrogen-bond donors (Lipinski definition) is 0. The van der Waals surface area contributed by atoms with Crippen molar-refractivity contribution in [1.29, 1.82) is 0 Å². The molecular weight excluding hydrogens is 214 g/mol. The molecule has 0 radical (unpaired) electrons. The fraction of sp³-hybridized carbons (Fsp3) is 0.286. The molecule has 0 saturated heterocycles. The Hall–Kier alpha value is -1.90. The lowest BCUT2D eigenvalue weighted by Gasteiger charge is -1.99. The molecule has 2 aromatic heterocycles. The topological polar surface area (TPSA) is 43.1 Å². The van der Waals surface area contributed by atoms with Crippen LogP contribution in [0, 0.1) is 0 Å². The van der Waals surface area contributed by atoms with Crippen molar-refractivity contribution in [2.45, 2.75) is 27.2 Å². The van der Waals surface area contributed by atoms with E-state index in [0.717, 1.165) is 11.3 Å². The van der Waals surface area contributed by atoms with Crippen molar-refractivity contribution in [3.63, 3.8) is 0 Å². The lowest BCUT2D eigenvalue weighted by molar-refractivity contribution is 0.0988. The zero-order chi connectivity index (χ0) is 12.7. The molecule has 3 nitrogen and oxygen atoms in total. The quantitative estimate of drug-likeness (QED) is 0.751. The summed E-state index contributed by atoms with van der Waals surface area (Å²) in [6.45, 7) is 5.84. The molecule has 0 aromatic carbocycles. The van der Waals surface area contributed by atoms with Gasteiger partial charge in [-0.15, -0.1) is 0 Å². The summed E-state index contributed by atoms with van der Waals surface area (Å²) >= 11 is 0. The summed E-state index contributed by atoms with van der Waals surface area (Å²) in [5.74, 6) is 0.823. The summed E-state index contributed by atoms with van der Waals surface area (Å²) in [5.41, 5.74) is 1.46. The van der Waals surface area contributed by atoms with Crippen LogP contribution in [0.5, 0.6) is 0 Å². The van der Waals surface area contributed by atoms with Gasteiger partial charge in [-0.1, -0.05) is 20.8 Å². The maximum atomic E-state index is 11.5. The number of carbonyl (C=O) groups is 1. The number of rotatable bonds is 3. The van der Waals surface area contributed by atoms with Gasteiger partial charge in [-0.05, 0) is 18.2 Å². The first-order chi connectivity index (χ1) is 8.31. The molecule has 0 aliphatic carbocycles. The number of nitrogens with zero attached hydrogens (tertiary/aromatic N) is 1. The minimum absolute atomic E-state index is 0.0934. The van der Waals surface area contributed by atoms with E-state index in [2.05, 4.69) is 4.98 Å². The van der Waals surface area contributed by atoms with Crippen LogP contribution in [0.2, 0.25) is 0 Å². The first-order valence-electron chi connectivity index (χ1n) is 5.83. The highest BCUT2D eigenvalue weighted by atomic mass is 16.3. The van der Waals surface area contributed by atoms with Crippen LogP contribution in [0.4, 0.5) is 0 Å². The van der Waals surface area contributed by atoms with E-state index >= 15 is 0 Å². The van der Waals surface area contributed by atoms with Gasteiger partial charge in [0.05, 0.1) is 6.26 Å². The van der Waals surface area contributed by atoms with Crippen molar-refractivity contribution < 1.29 is 9.21 Å². The minimum Gasteiger partial charge on any atom is -0.464 e. The zero-order valence-corrected chi connectivity index (χ0v) is 10.4. The third-order valence-electron chi connectivity index (χ3n) is 2.19. The molecule has 0 atom stereocenters. The second-order valence-corrected chi connectivity index (χ2v) is 3.22. The van der Waals surface area contributed by atoms with Gasteiger partial charge in [0.1, 0.15) is 5.76 Å². The number of pyridine rings is 1. The van der Waals surface area contributed by atoms with E-state index < -0.39 is 0 Å². The lowest BCUT2D eigenvalue weighted by atomic mass is 10.1. The van der Waals surface area contributed by atoms with Crippen molar-refractivity contribution in [2.24, 2.45) is 0 Å². The lowest BCUT2D eigenvalue weighted by Crippen LogP contribution is -1.97. The number of Topliss-reactive ketones (excluding diaryl/α,β-unsaturated/α-hetero) is 1. The van der Waals surface area contributed by atoms with Gasteiger partial charge in [0, 0.05) is 29.9 Å². The van der Waals surface area contributed by atoms with Crippen LogP contribution < -0.4 is 0 Å². The van der Waals surface area contributed by atoms with E-state index in [1.165, 1.54) is 0 Å². The van der Waals surface area contributed by atoms with Crippen molar-refractivity contribution in [1.82, 2.24) is 4.98 Å². The number of aromatic nitrogens is 1. The summed E-state index contributed by atoms with van der Waals surface area (Å²) in [7, 11) is 0. The molecule has 3 heteroatoms. The van der Waals surface area contributed by atoms with Crippen LogP contribution in [0.3, 0.4) is 0 Å². The van der Waals surface area contributed by atoms with Gasteiger partial charge >= 0.3 is 0 Å². The first kappa shape index (κ1) is 13.2. The van der Waals surface area contributed by atoms with Crippen LogP contribution in [0.15, 0.2) is 41.3 Å². The van der Waals surface area contributed by atoms with Gasteiger partial charge in [0.25, 0.3) is 0 Å². The second kappa shape index (κ2) is 6.63. The van der Waals surface area contributed by atoms with E-state index in [9.17, 15) is 4.79 Å². The first-order valence-corrected chi connectivity index (χ1v) is 5.83. The third kappa shape index (κ3) is 3.28.